The van der Waals surface area contributed by atoms with Crippen molar-refractivity contribution in [3.63, 3.8) is 0 Å². The molecule has 3 heteroatoms. The molecular weight excluding hydrogens is 176 g/mol. The molecule has 0 unspecified atom stereocenters. The van der Waals surface area contributed by atoms with Crippen molar-refractivity contribution >= 4 is 5.84 Å². The highest BCUT2D eigenvalue weighted by atomic mass is 16.5. The monoisotopic (exact) mass is 188 g/mol. The Kier molecular flexibility index (Phi) is 3.71. The summed E-state index contributed by atoms with van der Waals surface area (Å²) in [6.45, 7) is 0.802. The first-order valence-electron chi connectivity index (χ1n) is 4.18. The van der Waals surface area contributed by atoms with Crippen LogP contribution in [0.3, 0.4) is 0 Å². The van der Waals surface area contributed by atoms with Crippen LogP contribution in [0.25, 0.3) is 0 Å². The average Bonchev–Trinajstić information content (AvgIpc) is 2.19. The van der Waals surface area contributed by atoms with Crippen LogP contribution in [0.4, 0.5) is 0 Å². The highest BCUT2D eigenvalue weighted by molar-refractivity contribution is 5.94. The van der Waals surface area contributed by atoms with Gasteiger partial charge in [-0.25, -0.2) is 0 Å². The molecule has 3 N–H and O–H groups in total. The van der Waals surface area contributed by atoms with E-state index in [-0.39, 0.29) is 5.84 Å². The summed E-state index contributed by atoms with van der Waals surface area (Å²) < 4.78 is 5.15. The Bertz CT molecular complexity index is 349. The van der Waals surface area contributed by atoms with Crippen molar-refractivity contribution < 1.29 is 4.74 Å². The number of nitrogen functional groups attached to an aromatic ring is 1. The highest BCUT2D eigenvalue weighted by Gasteiger charge is 1.96. The molecule has 1 aromatic rings. The van der Waals surface area contributed by atoms with Crippen LogP contribution in [0.2, 0.25) is 0 Å². The lowest BCUT2D eigenvalue weighted by Gasteiger charge is -2.02. The Labute approximate surface area is 83.4 Å². The molecule has 0 heterocycles. The maximum Gasteiger partial charge on any atom is 0.122 e. The zero-order valence-corrected chi connectivity index (χ0v) is 7.79. The number of hydrogen-bond acceptors (Lipinski definition) is 2. The van der Waals surface area contributed by atoms with Gasteiger partial charge in [0.25, 0.3) is 0 Å². The molecule has 1 rings (SSSR count). The molecule has 0 aliphatic rings. The lowest BCUT2D eigenvalue weighted by molar-refractivity contribution is 0.153. The second-order valence-electron chi connectivity index (χ2n) is 2.81. The first-order chi connectivity index (χ1) is 6.74. The van der Waals surface area contributed by atoms with E-state index in [1.807, 2.05) is 12.1 Å². The van der Waals surface area contributed by atoms with Gasteiger partial charge < -0.3 is 10.5 Å². The molecule has 0 radical (unpaired) electrons. The van der Waals surface area contributed by atoms with E-state index in [0.29, 0.717) is 18.8 Å². The Morgan fingerprint density at radius 2 is 2.07 bits per heavy atom. The Hall–Kier alpha value is -1.79. The fourth-order valence-corrected chi connectivity index (χ4v) is 1.01. The van der Waals surface area contributed by atoms with Crippen LogP contribution in [0.1, 0.15) is 11.1 Å². The van der Waals surface area contributed by atoms with Gasteiger partial charge >= 0.3 is 0 Å². The van der Waals surface area contributed by atoms with Crippen molar-refractivity contribution in [2.24, 2.45) is 5.73 Å². The molecule has 0 saturated carbocycles. The normalized spacial score (nSPS) is 9.36. The number of rotatable bonds is 4. The van der Waals surface area contributed by atoms with Gasteiger partial charge in [0.1, 0.15) is 12.4 Å². The van der Waals surface area contributed by atoms with E-state index < -0.39 is 0 Å². The quantitative estimate of drug-likeness (QED) is 0.322. The highest BCUT2D eigenvalue weighted by Crippen LogP contribution is 2.04. The fraction of sp³-hybridized carbons (Fsp3) is 0.182. The molecule has 1 aromatic carbocycles. The molecule has 0 amide bonds. The van der Waals surface area contributed by atoms with E-state index in [9.17, 15) is 0 Å². The second kappa shape index (κ2) is 5.05. The lowest BCUT2D eigenvalue weighted by Crippen LogP contribution is -2.10. The van der Waals surface area contributed by atoms with E-state index in [4.69, 9.17) is 22.3 Å². The van der Waals surface area contributed by atoms with Crippen LogP contribution < -0.4 is 5.73 Å². The molecule has 0 aromatic heterocycles. The third-order valence-electron chi connectivity index (χ3n) is 1.72. The Morgan fingerprint density at radius 3 is 2.57 bits per heavy atom. The Morgan fingerprint density at radius 1 is 1.43 bits per heavy atom. The van der Waals surface area contributed by atoms with Gasteiger partial charge in [0.2, 0.25) is 0 Å². The predicted octanol–water partition coefficient (Wildman–Crippen LogP) is 1.12. The summed E-state index contributed by atoms with van der Waals surface area (Å²) in [5.41, 5.74) is 7.04. The number of ether oxygens (including phenoxy) is 1. The van der Waals surface area contributed by atoms with Gasteiger partial charge in [0, 0.05) is 5.56 Å². The summed E-state index contributed by atoms with van der Waals surface area (Å²) >= 11 is 0. The largest absolute Gasteiger partial charge is 0.384 e. The minimum absolute atomic E-state index is 0.0705. The standard InChI is InChI=1S/C11H12N2O/c1-2-7-14-8-9-3-5-10(6-4-9)11(12)13/h1,3-6H,7-8H2,(H3,12,13). The fourth-order valence-electron chi connectivity index (χ4n) is 1.01. The van der Waals surface area contributed by atoms with Gasteiger partial charge in [-0.1, -0.05) is 30.2 Å². The molecular formula is C11H12N2O. The van der Waals surface area contributed by atoms with Crippen molar-refractivity contribution in [2.75, 3.05) is 6.61 Å². The maximum absolute atomic E-state index is 7.19. The van der Waals surface area contributed by atoms with Crippen molar-refractivity contribution in [3.05, 3.63) is 35.4 Å². The average molecular weight is 188 g/mol. The molecule has 3 nitrogen and oxygen atoms in total. The van der Waals surface area contributed by atoms with E-state index in [1.54, 1.807) is 12.1 Å². The van der Waals surface area contributed by atoms with E-state index in [1.165, 1.54) is 0 Å². The number of amidine groups is 1. The summed E-state index contributed by atoms with van der Waals surface area (Å²) in [6.07, 6.45) is 5.04. The van der Waals surface area contributed by atoms with Crippen molar-refractivity contribution in [1.82, 2.24) is 0 Å². The van der Waals surface area contributed by atoms with Crippen LogP contribution in [0.5, 0.6) is 0 Å². The second-order valence-corrected chi connectivity index (χ2v) is 2.81. The molecule has 0 spiro atoms. The number of benzene rings is 1. The van der Waals surface area contributed by atoms with Gasteiger partial charge in [-0.2, -0.15) is 0 Å². The van der Waals surface area contributed by atoms with Gasteiger partial charge in [0.15, 0.2) is 0 Å². The molecule has 72 valence electrons. The van der Waals surface area contributed by atoms with Crippen molar-refractivity contribution in [2.45, 2.75) is 6.61 Å². The third-order valence-corrected chi connectivity index (χ3v) is 1.72. The number of nitrogens with two attached hydrogens (primary N) is 1. The number of terminal acetylenes is 1. The van der Waals surface area contributed by atoms with Crippen LogP contribution in [-0.4, -0.2) is 12.4 Å². The van der Waals surface area contributed by atoms with E-state index in [0.717, 1.165) is 5.56 Å². The SMILES string of the molecule is C#CCOCc1ccc(C(=N)N)cc1. The van der Waals surface area contributed by atoms with Crippen LogP contribution in [0.15, 0.2) is 24.3 Å². The topological polar surface area (TPSA) is 59.1 Å². The van der Waals surface area contributed by atoms with Crippen LogP contribution in [0, 0.1) is 17.8 Å². The Balaban J connectivity index is 2.56. The van der Waals surface area contributed by atoms with Crippen LogP contribution >= 0.6 is 0 Å². The molecule has 0 aliphatic heterocycles. The molecule has 14 heavy (non-hydrogen) atoms. The zero-order valence-electron chi connectivity index (χ0n) is 7.79. The number of hydrogen-bond donors (Lipinski definition) is 2. The van der Waals surface area contributed by atoms with Gasteiger partial charge in [-0.15, -0.1) is 6.42 Å². The summed E-state index contributed by atoms with van der Waals surface area (Å²) in [6, 6.07) is 7.31. The van der Waals surface area contributed by atoms with Gasteiger partial charge in [-0.05, 0) is 5.56 Å². The third kappa shape index (κ3) is 2.92. The summed E-state index contributed by atoms with van der Waals surface area (Å²) in [4.78, 5) is 0. The first kappa shape index (κ1) is 10.3. The number of nitrogens with one attached hydrogen (secondary N) is 1. The van der Waals surface area contributed by atoms with E-state index >= 15 is 0 Å². The van der Waals surface area contributed by atoms with Crippen molar-refractivity contribution in [1.29, 1.82) is 5.41 Å². The summed E-state index contributed by atoms with van der Waals surface area (Å²) in [5.74, 6) is 2.46. The molecule has 0 aliphatic carbocycles. The first-order valence-corrected chi connectivity index (χ1v) is 4.18. The lowest BCUT2D eigenvalue weighted by atomic mass is 10.1. The molecule has 0 saturated heterocycles. The van der Waals surface area contributed by atoms with Crippen LogP contribution in [-0.2, 0) is 11.3 Å². The molecule has 0 fully saturated rings. The minimum atomic E-state index is 0.0705. The molecule has 0 atom stereocenters. The van der Waals surface area contributed by atoms with E-state index in [2.05, 4.69) is 5.92 Å². The molecule has 0 bridgehead atoms. The maximum atomic E-state index is 7.19. The smallest absolute Gasteiger partial charge is 0.122 e. The summed E-state index contributed by atoms with van der Waals surface area (Å²) in [7, 11) is 0. The van der Waals surface area contributed by atoms with Gasteiger partial charge in [0.05, 0.1) is 6.61 Å². The minimum Gasteiger partial charge on any atom is -0.384 e. The zero-order chi connectivity index (χ0) is 10.4. The van der Waals surface area contributed by atoms with Gasteiger partial charge in [-0.3, -0.25) is 5.41 Å². The van der Waals surface area contributed by atoms with Crippen molar-refractivity contribution in [3.8, 4) is 12.3 Å². The summed E-state index contributed by atoms with van der Waals surface area (Å²) in [5, 5.41) is 7.19. The predicted molar refractivity (Wildman–Crippen MR) is 55.9 cm³/mol.